The summed E-state index contributed by atoms with van der Waals surface area (Å²) < 4.78 is 0. The summed E-state index contributed by atoms with van der Waals surface area (Å²) in [4.78, 5) is 24.2. The molecule has 1 aromatic carbocycles. The normalized spacial score (nSPS) is 21.7. The fraction of sp³-hybridized carbons (Fsp3) is 0.111. The fourth-order valence-electron chi connectivity index (χ4n) is 3.03. The van der Waals surface area contributed by atoms with Gasteiger partial charge in [-0.3, -0.25) is 9.59 Å². The van der Waals surface area contributed by atoms with Crippen molar-refractivity contribution in [3.63, 3.8) is 0 Å². The van der Waals surface area contributed by atoms with Gasteiger partial charge < -0.3 is 11.1 Å². The molecule has 3 aliphatic carbocycles. The second-order valence-corrected chi connectivity index (χ2v) is 5.62. The molecule has 1 aromatic rings. The van der Waals surface area contributed by atoms with Gasteiger partial charge in [-0.25, -0.2) is 0 Å². The lowest BCUT2D eigenvalue weighted by Crippen LogP contribution is -2.38. The number of nitrogens with one attached hydrogen (secondary N) is 1. The van der Waals surface area contributed by atoms with Gasteiger partial charge in [-0.15, -0.1) is 0 Å². The minimum atomic E-state index is -0.825. The first kappa shape index (κ1) is 12.8. The molecule has 108 valence electrons. The van der Waals surface area contributed by atoms with Crippen LogP contribution in [0, 0.1) is 5.92 Å². The van der Waals surface area contributed by atoms with E-state index in [2.05, 4.69) is 11.4 Å². The number of hydrogen-bond acceptors (Lipinski definition) is 2. The first-order valence-electron chi connectivity index (χ1n) is 7.16. The predicted octanol–water partition coefficient (Wildman–Crippen LogP) is 1.69. The van der Waals surface area contributed by atoms with Crippen LogP contribution in [0.15, 0.2) is 76.9 Å². The van der Waals surface area contributed by atoms with E-state index in [4.69, 9.17) is 5.73 Å². The Morgan fingerprint density at radius 2 is 1.91 bits per heavy atom. The lowest BCUT2D eigenvalue weighted by Gasteiger charge is -2.17. The third kappa shape index (κ3) is 1.92. The molecule has 0 radical (unpaired) electrons. The second-order valence-electron chi connectivity index (χ2n) is 5.62. The van der Waals surface area contributed by atoms with Crippen LogP contribution in [0.1, 0.15) is 11.6 Å². The van der Waals surface area contributed by atoms with Gasteiger partial charge in [0.25, 0.3) is 5.91 Å². The molecule has 0 bridgehead atoms. The van der Waals surface area contributed by atoms with Crippen molar-refractivity contribution in [2.24, 2.45) is 11.7 Å². The molecule has 0 saturated carbocycles. The van der Waals surface area contributed by atoms with Gasteiger partial charge in [-0.1, -0.05) is 42.5 Å². The Hall–Kier alpha value is -2.88. The van der Waals surface area contributed by atoms with Crippen LogP contribution in [-0.4, -0.2) is 11.8 Å². The molecule has 4 rings (SSSR count). The average molecular weight is 290 g/mol. The summed E-state index contributed by atoms with van der Waals surface area (Å²) in [5.41, 5.74) is 10.1. The van der Waals surface area contributed by atoms with Crippen molar-refractivity contribution in [1.29, 1.82) is 0 Å². The number of allylic oxidation sites excluding steroid dienone is 6. The molecule has 2 amide bonds. The highest BCUT2D eigenvalue weighted by Gasteiger charge is 2.39. The zero-order valence-electron chi connectivity index (χ0n) is 11.7. The number of amides is 2. The van der Waals surface area contributed by atoms with Crippen LogP contribution in [0.5, 0.6) is 0 Å². The van der Waals surface area contributed by atoms with E-state index < -0.39 is 11.9 Å². The van der Waals surface area contributed by atoms with Gasteiger partial charge in [0, 0.05) is 11.5 Å². The van der Waals surface area contributed by atoms with Gasteiger partial charge in [0.2, 0.25) is 5.91 Å². The van der Waals surface area contributed by atoms with Crippen LogP contribution >= 0.6 is 0 Å². The predicted molar refractivity (Wildman–Crippen MR) is 82.3 cm³/mol. The lowest BCUT2D eigenvalue weighted by molar-refractivity contribution is -0.125. The Balaban J connectivity index is 1.55. The third-order valence-corrected chi connectivity index (χ3v) is 4.22. The quantitative estimate of drug-likeness (QED) is 0.885. The highest BCUT2D eigenvalue weighted by atomic mass is 16.2. The Bertz CT molecular complexity index is 813. The molecule has 4 nitrogen and oxygen atoms in total. The molecule has 0 heterocycles. The minimum Gasteiger partial charge on any atom is -0.368 e. The van der Waals surface area contributed by atoms with Gasteiger partial charge in [-0.05, 0) is 34.4 Å². The summed E-state index contributed by atoms with van der Waals surface area (Å²) in [5.74, 6) is -0.443. The molecule has 0 spiro atoms. The maximum Gasteiger partial charge on any atom is 0.252 e. The van der Waals surface area contributed by atoms with Gasteiger partial charge in [0.05, 0.1) is 0 Å². The molecule has 3 N–H and O–H groups in total. The Morgan fingerprint density at radius 1 is 1.14 bits per heavy atom. The Kier molecular flexibility index (Phi) is 2.66. The molecule has 0 saturated heterocycles. The number of rotatable bonds is 4. The smallest absolute Gasteiger partial charge is 0.252 e. The van der Waals surface area contributed by atoms with E-state index in [9.17, 15) is 9.59 Å². The number of carbonyl (C=O) groups excluding carboxylic acids is 2. The average Bonchev–Trinajstić information content (AvgIpc) is 3.00. The summed E-state index contributed by atoms with van der Waals surface area (Å²) in [5, 5.41) is 2.74. The molecular weight excluding hydrogens is 276 g/mol. The second kappa shape index (κ2) is 4.56. The van der Waals surface area contributed by atoms with Crippen LogP contribution in [-0.2, 0) is 9.59 Å². The summed E-state index contributed by atoms with van der Waals surface area (Å²) >= 11 is 0. The number of carbonyl (C=O) groups is 2. The standard InChI is InChI=1S/C18H14N2O2/c19-17(21)16(10-4-2-1-3-5-10)20-18(22)13-7-6-12-14-8-11(14)9-15(12)13/h1-9,14,16H,(H2,19,21)(H,20,22)/t14?,16-/m0/s1. The van der Waals surface area contributed by atoms with Gasteiger partial charge in [-0.2, -0.15) is 0 Å². The number of nitrogens with two attached hydrogens (primary N) is 1. The van der Waals surface area contributed by atoms with Crippen molar-refractivity contribution in [3.05, 3.63) is 82.5 Å². The number of hydrogen-bond donors (Lipinski definition) is 2. The highest BCUT2D eigenvalue weighted by Crippen LogP contribution is 2.51. The molecule has 0 fully saturated rings. The number of benzene rings is 1. The van der Waals surface area contributed by atoms with Gasteiger partial charge in [0.1, 0.15) is 6.04 Å². The molecule has 0 aliphatic heterocycles. The summed E-state index contributed by atoms with van der Waals surface area (Å²) in [6, 6.07) is 8.20. The Labute approximate surface area is 127 Å². The van der Waals surface area contributed by atoms with E-state index in [0.29, 0.717) is 17.1 Å². The van der Waals surface area contributed by atoms with Crippen LogP contribution in [0.2, 0.25) is 0 Å². The van der Waals surface area contributed by atoms with Crippen molar-refractivity contribution in [3.8, 4) is 0 Å². The summed E-state index contributed by atoms with van der Waals surface area (Å²) in [6.07, 6.45) is 7.99. The highest BCUT2D eigenvalue weighted by molar-refractivity contribution is 6.04. The van der Waals surface area contributed by atoms with Crippen LogP contribution in [0.3, 0.4) is 0 Å². The minimum absolute atomic E-state index is 0.271. The topological polar surface area (TPSA) is 72.2 Å². The van der Waals surface area contributed by atoms with Crippen molar-refractivity contribution >= 4 is 11.8 Å². The summed E-state index contributed by atoms with van der Waals surface area (Å²) in [7, 11) is 0. The van der Waals surface area contributed by atoms with Crippen molar-refractivity contribution in [1.82, 2.24) is 5.32 Å². The molecule has 1 unspecified atom stereocenters. The van der Waals surface area contributed by atoms with Crippen LogP contribution in [0.4, 0.5) is 0 Å². The van der Waals surface area contributed by atoms with E-state index in [1.54, 1.807) is 12.1 Å². The first-order chi connectivity index (χ1) is 10.6. The van der Waals surface area contributed by atoms with E-state index in [1.807, 2.05) is 36.4 Å². The molecule has 2 atom stereocenters. The van der Waals surface area contributed by atoms with Crippen LogP contribution < -0.4 is 11.1 Å². The van der Waals surface area contributed by atoms with Gasteiger partial charge >= 0.3 is 0 Å². The van der Waals surface area contributed by atoms with E-state index in [-0.39, 0.29) is 5.91 Å². The zero-order valence-corrected chi connectivity index (χ0v) is 11.7. The third-order valence-electron chi connectivity index (χ3n) is 4.22. The molecule has 22 heavy (non-hydrogen) atoms. The van der Waals surface area contributed by atoms with E-state index in [1.165, 1.54) is 11.1 Å². The number of fused-ring (bicyclic) bond motifs is 3. The van der Waals surface area contributed by atoms with Crippen molar-refractivity contribution in [2.75, 3.05) is 0 Å². The van der Waals surface area contributed by atoms with Crippen molar-refractivity contribution in [2.45, 2.75) is 6.04 Å². The molecule has 3 aliphatic rings. The van der Waals surface area contributed by atoms with Crippen LogP contribution in [0.25, 0.3) is 0 Å². The largest absolute Gasteiger partial charge is 0.368 e. The lowest BCUT2D eigenvalue weighted by atomic mass is 10.0. The fourth-order valence-corrected chi connectivity index (χ4v) is 3.03. The molecule has 0 aromatic heterocycles. The maximum atomic E-state index is 12.5. The number of primary amides is 1. The molecular formula is C18H14N2O2. The van der Waals surface area contributed by atoms with E-state index in [0.717, 1.165) is 5.57 Å². The van der Waals surface area contributed by atoms with Gasteiger partial charge in [0.15, 0.2) is 0 Å². The first-order valence-corrected chi connectivity index (χ1v) is 7.16. The Morgan fingerprint density at radius 3 is 2.64 bits per heavy atom. The SMILES string of the molecule is NC(=O)[C@@H](NC(=O)C1=CC=C2C1=CC1=CC12)c1ccccc1. The monoisotopic (exact) mass is 290 g/mol. The van der Waals surface area contributed by atoms with E-state index >= 15 is 0 Å². The maximum absolute atomic E-state index is 12.5. The zero-order chi connectivity index (χ0) is 15.3. The van der Waals surface area contributed by atoms with Crippen molar-refractivity contribution < 1.29 is 9.59 Å². The summed E-state index contributed by atoms with van der Waals surface area (Å²) in [6.45, 7) is 0. The molecule has 4 heteroatoms.